The first kappa shape index (κ1) is 13.3. The molecule has 0 nitrogen and oxygen atoms in total. The third-order valence-corrected chi connectivity index (χ3v) is 2.81. The molecule has 0 aliphatic heterocycles. The van der Waals surface area contributed by atoms with Gasteiger partial charge in [-0.2, -0.15) is 0 Å². The Balaban J connectivity index is 2.98. The molecule has 0 heteroatoms. The fraction of sp³-hybridized carbons (Fsp3) is 0.562. The molecular weight excluding hydrogens is 192 g/mol. The van der Waals surface area contributed by atoms with Crippen LogP contribution in [0.4, 0.5) is 0 Å². The Bertz CT molecular complexity index is 321. The highest BCUT2D eigenvalue weighted by atomic mass is 14.1. The molecule has 0 unspecified atom stereocenters. The molecule has 1 aromatic carbocycles. The molecule has 0 heterocycles. The number of rotatable bonds is 5. The van der Waals surface area contributed by atoms with E-state index in [0.29, 0.717) is 0 Å². The van der Waals surface area contributed by atoms with Crippen molar-refractivity contribution >= 4 is 0 Å². The zero-order valence-electron chi connectivity index (χ0n) is 11.4. The second-order valence-electron chi connectivity index (χ2n) is 5.39. The zero-order valence-corrected chi connectivity index (χ0v) is 11.4. The van der Waals surface area contributed by atoms with E-state index in [9.17, 15) is 0 Å². The van der Waals surface area contributed by atoms with Crippen molar-refractivity contribution in [2.24, 2.45) is 5.92 Å². The summed E-state index contributed by atoms with van der Waals surface area (Å²) in [5.41, 5.74) is 4.41. The van der Waals surface area contributed by atoms with Crippen molar-refractivity contribution in [3.05, 3.63) is 40.8 Å². The second-order valence-corrected chi connectivity index (χ2v) is 5.39. The van der Waals surface area contributed by atoms with Gasteiger partial charge in [-0.1, -0.05) is 59.2 Å². The van der Waals surface area contributed by atoms with Crippen molar-refractivity contribution in [1.82, 2.24) is 0 Å². The maximum Gasteiger partial charge on any atom is -0.00118 e. The minimum Gasteiger partial charge on any atom is -0.0651 e. The van der Waals surface area contributed by atoms with Crippen LogP contribution in [0.1, 0.15) is 57.7 Å². The van der Waals surface area contributed by atoms with Gasteiger partial charge >= 0.3 is 0 Å². The van der Waals surface area contributed by atoms with Gasteiger partial charge in [-0.05, 0) is 41.4 Å². The predicted octanol–water partition coefficient (Wildman–Crippen LogP) is 4.80. The van der Waals surface area contributed by atoms with E-state index < -0.39 is 0 Å². The summed E-state index contributed by atoms with van der Waals surface area (Å²) in [6, 6.07) is 7.09. The third kappa shape index (κ3) is 4.00. The van der Waals surface area contributed by atoms with Gasteiger partial charge in [0.2, 0.25) is 0 Å². The molecule has 0 saturated carbocycles. The van der Waals surface area contributed by atoms with Gasteiger partial charge in [0, 0.05) is 0 Å². The quantitative estimate of drug-likeness (QED) is 0.664. The van der Waals surface area contributed by atoms with Crippen molar-refractivity contribution in [3.63, 3.8) is 0 Å². The van der Waals surface area contributed by atoms with E-state index in [2.05, 4.69) is 52.8 Å². The van der Waals surface area contributed by atoms with E-state index in [1.54, 1.807) is 0 Å². The third-order valence-electron chi connectivity index (χ3n) is 2.81. The number of benzene rings is 1. The second kappa shape index (κ2) is 6.08. The van der Waals surface area contributed by atoms with Gasteiger partial charge in [0.1, 0.15) is 0 Å². The van der Waals surface area contributed by atoms with Gasteiger partial charge in [0.25, 0.3) is 0 Å². The van der Waals surface area contributed by atoms with Gasteiger partial charge in [0.05, 0.1) is 0 Å². The minimum atomic E-state index is 0.738. The van der Waals surface area contributed by atoms with Crippen molar-refractivity contribution in [2.45, 2.75) is 53.9 Å². The van der Waals surface area contributed by atoms with E-state index in [-0.39, 0.29) is 0 Å². The summed E-state index contributed by atoms with van der Waals surface area (Å²) in [5, 5.41) is 0. The van der Waals surface area contributed by atoms with Crippen LogP contribution in [-0.2, 0) is 12.8 Å². The number of hydrogen-bond acceptors (Lipinski definition) is 0. The largest absolute Gasteiger partial charge is 0.0651 e. The average molecular weight is 217 g/mol. The molecule has 0 fully saturated rings. The Hall–Kier alpha value is -0.780. The molecule has 1 aromatic rings. The van der Waals surface area contributed by atoms with Gasteiger partial charge < -0.3 is 0 Å². The molecular formula is C16H25. The van der Waals surface area contributed by atoms with Crippen LogP contribution in [0, 0.1) is 11.8 Å². The molecule has 0 saturated heterocycles. The first-order chi connectivity index (χ1) is 7.52. The average Bonchev–Trinajstić information content (AvgIpc) is 2.16. The molecule has 0 N–H and O–H groups in total. The van der Waals surface area contributed by atoms with Crippen molar-refractivity contribution in [3.8, 4) is 0 Å². The van der Waals surface area contributed by atoms with Crippen LogP contribution in [0.5, 0.6) is 0 Å². The van der Waals surface area contributed by atoms with Crippen LogP contribution >= 0.6 is 0 Å². The van der Waals surface area contributed by atoms with Gasteiger partial charge in [-0.25, -0.2) is 0 Å². The fourth-order valence-electron chi connectivity index (χ4n) is 2.07. The number of aryl methyl sites for hydroxylation is 1. The van der Waals surface area contributed by atoms with E-state index in [0.717, 1.165) is 5.92 Å². The summed E-state index contributed by atoms with van der Waals surface area (Å²) in [4.78, 5) is 0. The van der Waals surface area contributed by atoms with Crippen LogP contribution in [0.3, 0.4) is 0 Å². The van der Waals surface area contributed by atoms with Crippen molar-refractivity contribution in [1.29, 1.82) is 0 Å². The summed E-state index contributed by atoms with van der Waals surface area (Å²) in [5.74, 6) is 2.16. The standard InChI is InChI=1S/C16H25/c1-6-7-14-9-15(8-12(2)3)11-16(10-14)13(4)5/h9-12H,6-8H2,1-5H3. The normalized spacial score (nSPS) is 11.4. The van der Waals surface area contributed by atoms with Gasteiger partial charge in [0.15, 0.2) is 0 Å². The van der Waals surface area contributed by atoms with Crippen LogP contribution in [0.2, 0.25) is 0 Å². The molecule has 0 bridgehead atoms. The van der Waals surface area contributed by atoms with Crippen LogP contribution in [-0.4, -0.2) is 0 Å². The lowest BCUT2D eigenvalue weighted by Crippen LogP contribution is -1.99. The van der Waals surface area contributed by atoms with E-state index in [4.69, 9.17) is 0 Å². The minimum absolute atomic E-state index is 0.738. The van der Waals surface area contributed by atoms with E-state index in [1.807, 2.05) is 0 Å². The molecule has 0 atom stereocenters. The Morgan fingerprint density at radius 2 is 1.69 bits per heavy atom. The Morgan fingerprint density at radius 3 is 2.19 bits per heavy atom. The predicted molar refractivity (Wildman–Crippen MR) is 72.7 cm³/mol. The topological polar surface area (TPSA) is 0 Å². The van der Waals surface area contributed by atoms with Crippen LogP contribution < -0.4 is 0 Å². The molecule has 0 aliphatic carbocycles. The lowest BCUT2D eigenvalue weighted by atomic mass is 9.93. The van der Waals surface area contributed by atoms with Crippen molar-refractivity contribution in [2.75, 3.05) is 0 Å². The van der Waals surface area contributed by atoms with E-state index >= 15 is 0 Å². The van der Waals surface area contributed by atoms with Crippen molar-refractivity contribution < 1.29 is 0 Å². The monoisotopic (exact) mass is 217 g/mol. The summed E-state index contributed by atoms with van der Waals surface area (Å²) >= 11 is 0. The lowest BCUT2D eigenvalue weighted by molar-refractivity contribution is 0.646. The molecule has 1 radical (unpaired) electrons. The van der Waals surface area contributed by atoms with Crippen LogP contribution in [0.25, 0.3) is 0 Å². The molecule has 0 aliphatic rings. The SMILES string of the molecule is CCCc1cc(CC(C)C)cc([C](C)C)c1. The Kier molecular flexibility index (Phi) is 5.05. The summed E-state index contributed by atoms with van der Waals surface area (Å²) < 4.78 is 0. The molecule has 0 amide bonds. The first-order valence-electron chi connectivity index (χ1n) is 6.46. The number of hydrogen-bond donors (Lipinski definition) is 0. The Labute approximate surface area is 101 Å². The maximum absolute atomic E-state index is 2.38. The molecule has 16 heavy (non-hydrogen) atoms. The summed E-state index contributed by atoms with van der Waals surface area (Å²) in [6.07, 6.45) is 3.62. The molecule has 1 rings (SSSR count). The summed E-state index contributed by atoms with van der Waals surface area (Å²) in [7, 11) is 0. The first-order valence-corrected chi connectivity index (χ1v) is 6.46. The Morgan fingerprint density at radius 1 is 1.06 bits per heavy atom. The van der Waals surface area contributed by atoms with Gasteiger partial charge in [-0.3, -0.25) is 0 Å². The smallest absolute Gasteiger partial charge is 0.00118 e. The fourth-order valence-corrected chi connectivity index (χ4v) is 2.07. The lowest BCUT2D eigenvalue weighted by Gasteiger charge is -2.13. The van der Waals surface area contributed by atoms with E-state index in [1.165, 1.54) is 41.9 Å². The highest BCUT2D eigenvalue weighted by Crippen LogP contribution is 2.20. The molecule has 0 aromatic heterocycles. The highest BCUT2D eigenvalue weighted by molar-refractivity contribution is 5.37. The van der Waals surface area contributed by atoms with Crippen LogP contribution in [0.15, 0.2) is 18.2 Å². The summed E-state index contributed by atoms with van der Waals surface area (Å²) in [6.45, 7) is 11.2. The van der Waals surface area contributed by atoms with Gasteiger partial charge in [-0.15, -0.1) is 0 Å². The zero-order chi connectivity index (χ0) is 12.1. The molecule has 0 spiro atoms. The molecule has 89 valence electrons. The highest BCUT2D eigenvalue weighted by Gasteiger charge is 2.06. The maximum atomic E-state index is 2.38.